The highest BCUT2D eigenvalue weighted by Gasteiger charge is 2.17. The molecule has 0 unspecified atom stereocenters. The van der Waals surface area contributed by atoms with Crippen molar-refractivity contribution in [2.24, 2.45) is 0 Å². The number of rotatable bonds is 3. The second-order valence-corrected chi connectivity index (χ2v) is 4.69. The number of benzene rings is 1. The van der Waals surface area contributed by atoms with E-state index in [2.05, 4.69) is 20.4 Å². The summed E-state index contributed by atoms with van der Waals surface area (Å²) in [6, 6.07) is 6.66. The van der Waals surface area contributed by atoms with Gasteiger partial charge in [-0.25, -0.2) is 4.39 Å². The largest absolute Gasteiger partial charge is 0.496 e. The average Bonchev–Trinajstić information content (AvgIpc) is 2.97. The Morgan fingerprint density at radius 2 is 2.10 bits per heavy atom. The summed E-state index contributed by atoms with van der Waals surface area (Å²) in [4.78, 5) is 2.17. The molecular weight excluding hydrogens is 259 g/mol. The number of aromatic amines is 1. The molecule has 2 aromatic rings. The van der Waals surface area contributed by atoms with E-state index in [0.29, 0.717) is 17.0 Å². The van der Waals surface area contributed by atoms with Crippen molar-refractivity contribution in [3.8, 4) is 17.0 Å². The van der Waals surface area contributed by atoms with E-state index in [1.54, 1.807) is 12.1 Å². The van der Waals surface area contributed by atoms with Gasteiger partial charge in [0.05, 0.1) is 18.4 Å². The van der Waals surface area contributed by atoms with Gasteiger partial charge in [-0.15, -0.1) is 0 Å². The SMILES string of the molecule is COc1cccc(F)c1-c1cc(N2CCNCC2)n[nH]1. The number of hydrogen-bond acceptors (Lipinski definition) is 4. The van der Waals surface area contributed by atoms with Crippen molar-refractivity contribution in [2.45, 2.75) is 0 Å². The van der Waals surface area contributed by atoms with Gasteiger partial charge in [0.15, 0.2) is 5.82 Å². The lowest BCUT2D eigenvalue weighted by molar-refractivity contribution is 0.413. The Morgan fingerprint density at radius 3 is 2.85 bits per heavy atom. The fraction of sp³-hybridized carbons (Fsp3) is 0.357. The number of anilines is 1. The zero-order valence-electron chi connectivity index (χ0n) is 11.3. The van der Waals surface area contributed by atoms with Crippen LogP contribution in [0, 0.1) is 5.82 Å². The summed E-state index contributed by atoms with van der Waals surface area (Å²) in [6.45, 7) is 3.67. The summed E-state index contributed by atoms with van der Waals surface area (Å²) < 4.78 is 19.2. The molecule has 1 fully saturated rings. The van der Waals surface area contributed by atoms with Crippen LogP contribution in [0.5, 0.6) is 5.75 Å². The molecule has 2 heterocycles. The molecule has 3 rings (SSSR count). The summed E-state index contributed by atoms with van der Waals surface area (Å²) in [6.07, 6.45) is 0. The summed E-state index contributed by atoms with van der Waals surface area (Å²) in [5, 5.41) is 10.5. The summed E-state index contributed by atoms with van der Waals surface area (Å²) in [7, 11) is 1.53. The lowest BCUT2D eigenvalue weighted by Crippen LogP contribution is -2.43. The molecule has 1 aliphatic heterocycles. The van der Waals surface area contributed by atoms with Crippen LogP contribution in [0.25, 0.3) is 11.3 Å². The first-order chi connectivity index (χ1) is 9.79. The van der Waals surface area contributed by atoms with E-state index in [4.69, 9.17) is 4.74 Å². The molecular formula is C14H17FN4O. The molecule has 1 aliphatic rings. The molecule has 1 aromatic heterocycles. The highest BCUT2D eigenvalue weighted by Crippen LogP contribution is 2.32. The first-order valence-electron chi connectivity index (χ1n) is 6.63. The van der Waals surface area contributed by atoms with Crippen molar-refractivity contribution in [1.82, 2.24) is 15.5 Å². The minimum atomic E-state index is -0.320. The third kappa shape index (κ3) is 2.34. The van der Waals surface area contributed by atoms with Gasteiger partial charge in [0, 0.05) is 32.2 Å². The zero-order chi connectivity index (χ0) is 13.9. The quantitative estimate of drug-likeness (QED) is 0.894. The highest BCUT2D eigenvalue weighted by molar-refractivity contribution is 5.70. The van der Waals surface area contributed by atoms with Crippen molar-refractivity contribution < 1.29 is 9.13 Å². The molecule has 0 atom stereocenters. The van der Waals surface area contributed by atoms with Crippen LogP contribution in [-0.4, -0.2) is 43.5 Å². The number of aromatic nitrogens is 2. The number of nitrogens with one attached hydrogen (secondary N) is 2. The van der Waals surface area contributed by atoms with Gasteiger partial charge in [-0.3, -0.25) is 5.10 Å². The van der Waals surface area contributed by atoms with Crippen LogP contribution in [0.3, 0.4) is 0 Å². The Kier molecular flexibility index (Phi) is 3.56. The Labute approximate surface area is 116 Å². The lowest BCUT2D eigenvalue weighted by atomic mass is 10.1. The molecule has 1 saturated heterocycles. The molecule has 0 bridgehead atoms. The molecule has 106 valence electrons. The van der Waals surface area contributed by atoms with Crippen molar-refractivity contribution >= 4 is 5.82 Å². The average molecular weight is 276 g/mol. The molecule has 0 aliphatic carbocycles. The second-order valence-electron chi connectivity index (χ2n) is 4.69. The van der Waals surface area contributed by atoms with Crippen LogP contribution in [0.1, 0.15) is 0 Å². The zero-order valence-corrected chi connectivity index (χ0v) is 11.3. The standard InChI is InChI=1S/C14H17FN4O/c1-20-12-4-2-3-10(15)14(12)11-9-13(18-17-11)19-7-5-16-6-8-19/h2-4,9,16H,5-8H2,1H3,(H,17,18). The Morgan fingerprint density at radius 1 is 1.30 bits per heavy atom. The number of nitrogens with zero attached hydrogens (tertiary/aromatic N) is 2. The van der Waals surface area contributed by atoms with E-state index < -0.39 is 0 Å². The normalized spacial score (nSPS) is 15.4. The molecule has 6 heteroatoms. The van der Waals surface area contributed by atoms with Crippen LogP contribution in [0.2, 0.25) is 0 Å². The number of halogens is 1. The maximum Gasteiger partial charge on any atom is 0.151 e. The number of H-pyrrole nitrogens is 1. The van der Waals surface area contributed by atoms with Gasteiger partial charge in [-0.2, -0.15) is 5.10 Å². The number of hydrogen-bond donors (Lipinski definition) is 2. The van der Waals surface area contributed by atoms with E-state index >= 15 is 0 Å². The van der Waals surface area contributed by atoms with E-state index in [9.17, 15) is 4.39 Å². The van der Waals surface area contributed by atoms with Crippen LogP contribution in [0.15, 0.2) is 24.3 Å². The van der Waals surface area contributed by atoms with Gasteiger partial charge < -0.3 is 15.0 Å². The molecule has 0 amide bonds. The van der Waals surface area contributed by atoms with Crippen LogP contribution in [0.4, 0.5) is 10.2 Å². The Bertz CT molecular complexity index is 593. The third-order valence-electron chi connectivity index (χ3n) is 3.47. The molecule has 0 spiro atoms. The summed E-state index contributed by atoms with van der Waals surface area (Å²) >= 11 is 0. The van der Waals surface area contributed by atoms with Crippen molar-refractivity contribution in [2.75, 3.05) is 38.2 Å². The predicted molar refractivity (Wildman–Crippen MR) is 75.6 cm³/mol. The third-order valence-corrected chi connectivity index (χ3v) is 3.47. The van der Waals surface area contributed by atoms with E-state index in [1.807, 2.05) is 6.07 Å². The topological polar surface area (TPSA) is 53.2 Å². The minimum Gasteiger partial charge on any atom is -0.496 e. The van der Waals surface area contributed by atoms with Crippen LogP contribution in [-0.2, 0) is 0 Å². The molecule has 5 nitrogen and oxygen atoms in total. The number of methoxy groups -OCH3 is 1. The Hall–Kier alpha value is -2.08. The van der Waals surface area contributed by atoms with Crippen molar-refractivity contribution in [3.63, 3.8) is 0 Å². The predicted octanol–water partition coefficient (Wildman–Crippen LogP) is 1.63. The minimum absolute atomic E-state index is 0.320. The first-order valence-corrected chi connectivity index (χ1v) is 6.63. The monoisotopic (exact) mass is 276 g/mol. The smallest absolute Gasteiger partial charge is 0.151 e. The number of piperazine rings is 1. The maximum atomic E-state index is 14.0. The number of ether oxygens (including phenoxy) is 1. The molecule has 20 heavy (non-hydrogen) atoms. The molecule has 1 aromatic carbocycles. The van der Waals surface area contributed by atoms with E-state index in [0.717, 1.165) is 32.0 Å². The first kappa shape index (κ1) is 12.9. The van der Waals surface area contributed by atoms with Gasteiger partial charge in [0.25, 0.3) is 0 Å². The van der Waals surface area contributed by atoms with Crippen molar-refractivity contribution in [1.29, 1.82) is 0 Å². The summed E-state index contributed by atoms with van der Waals surface area (Å²) in [5.41, 5.74) is 1.05. The molecule has 0 radical (unpaired) electrons. The lowest BCUT2D eigenvalue weighted by Gasteiger charge is -2.26. The second kappa shape index (κ2) is 5.50. The highest BCUT2D eigenvalue weighted by atomic mass is 19.1. The maximum absolute atomic E-state index is 14.0. The van der Waals surface area contributed by atoms with Crippen LogP contribution < -0.4 is 15.0 Å². The van der Waals surface area contributed by atoms with Gasteiger partial charge in [0.1, 0.15) is 11.6 Å². The fourth-order valence-corrected chi connectivity index (χ4v) is 2.43. The van der Waals surface area contributed by atoms with E-state index in [-0.39, 0.29) is 5.82 Å². The van der Waals surface area contributed by atoms with Gasteiger partial charge >= 0.3 is 0 Å². The molecule has 2 N–H and O–H groups in total. The fourth-order valence-electron chi connectivity index (χ4n) is 2.43. The van der Waals surface area contributed by atoms with Gasteiger partial charge in [0.2, 0.25) is 0 Å². The van der Waals surface area contributed by atoms with E-state index in [1.165, 1.54) is 13.2 Å². The summed E-state index contributed by atoms with van der Waals surface area (Å²) in [5.74, 6) is 1.02. The van der Waals surface area contributed by atoms with Gasteiger partial charge in [-0.05, 0) is 12.1 Å². The molecule has 0 saturated carbocycles. The van der Waals surface area contributed by atoms with Crippen molar-refractivity contribution in [3.05, 3.63) is 30.1 Å². The van der Waals surface area contributed by atoms with Crippen LogP contribution >= 0.6 is 0 Å². The Balaban J connectivity index is 1.93. The van der Waals surface area contributed by atoms with Gasteiger partial charge in [-0.1, -0.05) is 6.07 Å².